The maximum absolute atomic E-state index is 11.1. The first kappa shape index (κ1) is 11.1. The summed E-state index contributed by atoms with van der Waals surface area (Å²) in [7, 11) is 0. The van der Waals surface area contributed by atoms with Crippen molar-refractivity contribution in [1.82, 2.24) is 5.32 Å². The van der Waals surface area contributed by atoms with Crippen LogP contribution >= 0.6 is 46.1 Å². The van der Waals surface area contributed by atoms with Gasteiger partial charge in [-0.25, -0.2) is 0 Å². The third-order valence-corrected chi connectivity index (χ3v) is 2.65. The molecule has 0 unspecified atom stereocenters. The highest BCUT2D eigenvalue weighted by Crippen LogP contribution is 2.26. The standard InChI is InChI=1S/C7H6Cl3NOS/c8-7(9,10)6(12)11-4-5-2-1-3-13-5/h1-3H,4H2,(H,11,12). The fraction of sp³-hybridized carbons (Fsp3) is 0.286. The smallest absolute Gasteiger partial charge is 0.272 e. The van der Waals surface area contributed by atoms with Gasteiger partial charge in [-0.1, -0.05) is 40.9 Å². The van der Waals surface area contributed by atoms with Crippen molar-refractivity contribution in [3.05, 3.63) is 22.4 Å². The highest BCUT2D eigenvalue weighted by molar-refractivity contribution is 7.09. The van der Waals surface area contributed by atoms with Gasteiger partial charge in [0.2, 0.25) is 0 Å². The Morgan fingerprint density at radius 3 is 2.69 bits per heavy atom. The first-order chi connectivity index (χ1) is 6.00. The summed E-state index contributed by atoms with van der Waals surface area (Å²) in [4.78, 5) is 12.1. The van der Waals surface area contributed by atoms with Crippen molar-refractivity contribution < 1.29 is 4.79 Å². The number of nitrogens with one attached hydrogen (secondary N) is 1. The Hall–Kier alpha value is 0.0400. The molecule has 0 saturated heterocycles. The summed E-state index contributed by atoms with van der Waals surface area (Å²) >= 11 is 17.6. The molecule has 1 N–H and O–H groups in total. The Kier molecular flexibility index (Phi) is 3.86. The molecule has 0 fully saturated rings. The van der Waals surface area contributed by atoms with Gasteiger partial charge in [0.05, 0.1) is 6.54 Å². The van der Waals surface area contributed by atoms with Crippen LogP contribution in [0.25, 0.3) is 0 Å². The van der Waals surface area contributed by atoms with E-state index in [0.717, 1.165) is 4.88 Å². The lowest BCUT2D eigenvalue weighted by molar-refractivity contribution is -0.120. The largest absolute Gasteiger partial charge is 0.347 e. The molecule has 1 rings (SSSR count). The Bertz CT molecular complexity index is 280. The van der Waals surface area contributed by atoms with Crippen LogP contribution in [0.3, 0.4) is 0 Å². The van der Waals surface area contributed by atoms with Crippen LogP contribution in [-0.2, 0) is 11.3 Å². The molecule has 0 aliphatic carbocycles. The van der Waals surface area contributed by atoms with Gasteiger partial charge in [0.25, 0.3) is 9.70 Å². The summed E-state index contributed by atoms with van der Waals surface area (Å²) in [5.41, 5.74) is 0. The van der Waals surface area contributed by atoms with E-state index in [2.05, 4.69) is 5.32 Å². The fourth-order valence-corrected chi connectivity index (χ4v) is 1.53. The number of hydrogen-bond acceptors (Lipinski definition) is 2. The van der Waals surface area contributed by atoms with Crippen LogP contribution in [0.4, 0.5) is 0 Å². The van der Waals surface area contributed by atoms with Crippen molar-refractivity contribution in [3.8, 4) is 0 Å². The summed E-state index contributed by atoms with van der Waals surface area (Å²) in [5, 5.41) is 4.41. The molecule has 2 nitrogen and oxygen atoms in total. The third-order valence-electron chi connectivity index (χ3n) is 1.26. The summed E-state index contributed by atoms with van der Waals surface area (Å²) in [5.74, 6) is -0.606. The van der Waals surface area contributed by atoms with E-state index in [-0.39, 0.29) is 0 Å². The molecule has 1 aromatic rings. The first-order valence-electron chi connectivity index (χ1n) is 3.37. The van der Waals surface area contributed by atoms with Crippen LogP contribution < -0.4 is 5.32 Å². The van der Waals surface area contributed by atoms with Crippen molar-refractivity contribution in [1.29, 1.82) is 0 Å². The minimum atomic E-state index is -1.88. The van der Waals surface area contributed by atoms with Gasteiger partial charge < -0.3 is 5.32 Å². The predicted molar refractivity (Wildman–Crippen MR) is 56.5 cm³/mol. The van der Waals surface area contributed by atoms with Gasteiger partial charge in [0.1, 0.15) is 0 Å². The molecule has 1 aromatic heterocycles. The SMILES string of the molecule is O=C(NCc1cccs1)C(Cl)(Cl)Cl. The molecule has 1 amide bonds. The first-order valence-corrected chi connectivity index (χ1v) is 5.39. The summed E-state index contributed by atoms with van der Waals surface area (Å²) in [6.07, 6.45) is 0. The maximum Gasteiger partial charge on any atom is 0.272 e. The minimum absolute atomic E-state index is 0.393. The number of alkyl halides is 3. The second-order valence-electron chi connectivity index (χ2n) is 2.26. The lowest BCUT2D eigenvalue weighted by atomic mass is 10.4. The number of amides is 1. The van der Waals surface area contributed by atoms with E-state index in [1.165, 1.54) is 11.3 Å². The van der Waals surface area contributed by atoms with Crippen LogP contribution in [0, 0.1) is 0 Å². The van der Waals surface area contributed by atoms with Crippen LogP contribution in [0.15, 0.2) is 17.5 Å². The van der Waals surface area contributed by atoms with Gasteiger partial charge in [-0.2, -0.15) is 0 Å². The fourth-order valence-electron chi connectivity index (χ4n) is 0.681. The van der Waals surface area contributed by atoms with E-state index in [1.54, 1.807) is 0 Å². The molecule has 0 atom stereocenters. The van der Waals surface area contributed by atoms with E-state index in [0.29, 0.717) is 6.54 Å². The van der Waals surface area contributed by atoms with Crippen molar-refractivity contribution in [2.75, 3.05) is 0 Å². The average Bonchev–Trinajstić information content (AvgIpc) is 2.50. The molecule has 0 aliphatic heterocycles. The number of thiophene rings is 1. The normalized spacial score (nSPS) is 11.3. The Balaban J connectivity index is 2.40. The number of halogens is 3. The van der Waals surface area contributed by atoms with Crippen LogP contribution in [0.1, 0.15) is 4.88 Å². The maximum atomic E-state index is 11.1. The lowest BCUT2D eigenvalue weighted by Gasteiger charge is -2.09. The monoisotopic (exact) mass is 257 g/mol. The summed E-state index contributed by atoms with van der Waals surface area (Å²) < 4.78 is -1.88. The van der Waals surface area contributed by atoms with Crippen molar-refractivity contribution in [2.45, 2.75) is 10.3 Å². The zero-order valence-electron chi connectivity index (χ0n) is 6.39. The Morgan fingerprint density at radius 2 is 2.23 bits per heavy atom. The third kappa shape index (κ3) is 3.73. The second-order valence-corrected chi connectivity index (χ2v) is 5.57. The van der Waals surface area contributed by atoms with E-state index in [4.69, 9.17) is 34.8 Å². The highest BCUT2D eigenvalue weighted by Gasteiger charge is 2.30. The Labute approximate surface area is 94.8 Å². The molecular weight excluding hydrogens is 253 g/mol. The van der Waals surface area contributed by atoms with Crippen LogP contribution in [-0.4, -0.2) is 9.70 Å². The van der Waals surface area contributed by atoms with Gasteiger partial charge in [0.15, 0.2) is 0 Å². The Morgan fingerprint density at radius 1 is 1.54 bits per heavy atom. The molecule has 0 aliphatic rings. The van der Waals surface area contributed by atoms with Crippen LogP contribution in [0.2, 0.25) is 0 Å². The number of carbonyl (C=O) groups excluding carboxylic acids is 1. The molecule has 72 valence electrons. The lowest BCUT2D eigenvalue weighted by Crippen LogP contribution is -2.33. The predicted octanol–water partition coefficient (Wildman–Crippen LogP) is 2.73. The van der Waals surface area contributed by atoms with Gasteiger partial charge in [-0.3, -0.25) is 4.79 Å². The zero-order valence-corrected chi connectivity index (χ0v) is 9.47. The molecule has 6 heteroatoms. The quantitative estimate of drug-likeness (QED) is 0.812. The molecule has 0 bridgehead atoms. The molecule has 0 aromatic carbocycles. The summed E-state index contributed by atoms with van der Waals surface area (Å²) in [6, 6.07) is 3.78. The number of hydrogen-bond donors (Lipinski definition) is 1. The van der Waals surface area contributed by atoms with Crippen LogP contribution in [0.5, 0.6) is 0 Å². The van der Waals surface area contributed by atoms with E-state index >= 15 is 0 Å². The zero-order chi connectivity index (χ0) is 9.90. The average molecular weight is 259 g/mol. The second kappa shape index (κ2) is 4.51. The van der Waals surface area contributed by atoms with E-state index in [1.807, 2.05) is 17.5 Å². The molecule has 13 heavy (non-hydrogen) atoms. The van der Waals surface area contributed by atoms with Gasteiger partial charge >= 0.3 is 0 Å². The summed E-state index contributed by atoms with van der Waals surface area (Å²) in [6.45, 7) is 0.393. The molecule has 0 radical (unpaired) electrons. The van der Waals surface area contributed by atoms with E-state index in [9.17, 15) is 4.79 Å². The van der Waals surface area contributed by atoms with Gasteiger partial charge in [-0.05, 0) is 11.4 Å². The molecule has 1 heterocycles. The van der Waals surface area contributed by atoms with Gasteiger partial charge in [0, 0.05) is 4.88 Å². The molecular formula is C7H6Cl3NOS. The van der Waals surface area contributed by atoms with Crippen molar-refractivity contribution in [2.24, 2.45) is 0 Å². The van der Waals surface area contributed by atoms with Crippen molar-refractivity contribution in [3.63, 3.8) is 0 Å². The minimum Gasteiger partial charge on any atom is -0.347 e. The number of rotatable bonds is 2. The van der Waals surface area contributed by atoms with Gasteiger partial charge in [-0.15, -0.1) is 11.3 Å². The highest BCUT2D eigenvalue weighted by atomic mass is 35.6. The number of carbonyl (C=O) groups is 1. The van der Waals surface area contributed by atoms with Crippen molar-refractivity contribution >= 4 is 52.0 Å². The molecule has 0 saturated carbocycles. The molecule has 0 spiro atoms. The topological polar surface area (TPSA) is 29.1 Å². The van der Waals surface area contributed by atoms with E-state index < -0.39 is 9.70 Å².